The number of benzene rings is 12. The fraction of sp³-hybridized carbons (Fsp3) is 0.0147. The van der Waals surface area contributed by atoms with Crippen LogP contribution < -0.4 is 0 Å². The van der Waals surface area contributed by atoms with Crippen LogP contribution in [0, 0.1) is 0 Å². The van der Waals surface area contributed by atoms with Crippen molar-refractivity contribution >= 4 is 98.3 Å². The number of aromatic nitrogens is 2. The Labute approximate surface area is 405 Å². The second-order valence-electron chi connectivity index (χ2n) is 18.5. The van der Waals surface area contributed by atoms with E-state index in [1.165, 1.54) is 115 Å². The summed E-state index contributed by atoms with van der Waals surface area (Å²) < 4.78 is 2.40. The van der Waals surface area contributed by atoms with Crippen molar-refractivity contribution in [1.29, 1.82) is 0 Å². The molecular weight excluding hydrogens is 845 g/mol. The molecule has 70 heavy (non-hydrogen) atoms. The Morgan fingerprint density at radius 2 is 0.886 bits per heavy atom. The summed E-state index contributed by atoms with van der Waals surface area (Å²) in [7, 11) is 0. The van der Waals surface area contributed by atoms with Crippen molar-refractivity contribution in [1.82, 2.24) is 9.38 Å². The van der Waals surface area contributed by atoms with Crippen molar-refractivity contribution in [2.24, 2.45) is 0 Å². The normalized spacial score (nSPS) is 12.2. The highest BCUT2D eigenvalue weighted by molar-refractivity contribution is 6.27. The quantitative estimate of drug-likeness (QED) is 0.0924. The van der Waals surface area contributed by atoms with Gasteiger partial charge >= 0.3 is 0 Å². The lowest BCUT2D eigenvalue weighted by atomic mass is 9.84. The van der Waals surface area contributed by atoms with Gasteiger partial charge in [-0.15, -0.1) is 0 Å². The van der Waals surface area contributed by atoms with Crippen LogP contribution >= 0.6 is 0 Å². The van der Waals surface area contributed by atoms with Crippen LogP contribution in [0.5, 0.6) is 0 Å². The molecule has 2 heteroatoms. The molecule has 2 aromatic heterocycles. The highest BCUT2D eigenvalue weighted by atomic mass is 15.0. The van der Waals surface area contributed by atoms with Crippen LogP contribution in [-0.4, -0.2) is 9.38 Å². The van der Waals surface area contributed by atoms with E-state index in [4.69, 9.17) is 4.98 Å². The molecule has 0 radical (unpaired) electrons. The zero-order chi connectivity index (χ0) is 46.3. The fourth-order valence-electron chi connectivity index (χ4n) is 11.4. The summed E-state index contributed by atoms with van der Waals surface area (Å²) in [6.07, 6.45) is 8.44. The van der Waals surface area contributed by atoms with Crippen molar-refractivity contribution in [3.63, 3.8) is 0 Å². The number of fused-ring (bicyclic) bond motifs is 16. The van der Waals surface area contributed by atoms with Gasteiger partial charge < -0.3 is 0 Å². The van der Waals surface area contributed by atoms with E-state index in [2.05, 4.69) is 260 Å². The van der Waals surface area contributed by atoms with Crippen LogP contribution in [0.25, 0.3) is 143 Å². The second-order valence-corrected chi connectivity index (χ2v) is 18.5. The minimum Gasteiger partial charge on any atom is -0.291 e. The van der Waals surface area contributed by atoms with Crippen LogP contribution in [0.3, 0.4) is 0 Å². The number of rotatable bonds is 6. The first kappa shape index (κ1) is 40.0. The summed E-state index contributed by atoms with van der Waals surface area (Å²) in [5.74, 6) is 0. The lowest BCUT2D eigenvalue weighted by molar-refractivity contribution is 1.32. The number of pyridine rings is 1. The molecule has 14 rings (SSSR count). The van der Waals surface area contributed by atoms with Crippen LogP contribution in [0.4, 0.5) is 0 Å². The van der Waals surface area contributed by atoms with Gasteiger partial charge in [0.05, 0.1) is 16.6 Å². The largest absolute Gasteiger partial charge is 0.291 e. The maximum atomic E-state index is 5.49. The van der Waals surface area contributed by atoms with Crippen molar-refractivity contribution in [2.75, 3.05) is 0 Å². The summed E-state index contributed by atoms with van der Waals surface area (Å²) in [4.78, 5) is 5.49. The van der Waals surface area contributed by atoms with E-state index < -0.39 is 0 Å². The SMILES string of the molecule is C/C=C\C=C/c1cccc(-c2c3ccccc3c(-c3ccc4ccccc4c3)c3ccc(-c4ccc(-c5ccc6c(c5)c5ccccc5n5c6nc6c7ccccc7c7ccccc7c65)cc4)cc23)c1. The molecule has 0 bridgehead atoms. The van der Waals surface area contributed by atoms with Gasteiger partial charge in [-0.3, -0.25) is 4.40 Å². The molecule has 14 aromatic rings. The standard InChI is InChI=1S/C68H44N2/c1-2-3-4-16-43-17-15-20-50(39-43)65-56-25-10-9-24-55(56)64(51-34-33-44-18-5-6-19-47(44)40-51)57-37-35-49(42-62(57)65)46-31-29-45(30-32-46)48-36-38-60-61(41-48)54-23-13-14-28-63(54)70-67-59-27-12-8-22-53(59)52-21-7-11-26-58(52)66(67)69-68(60)70/h2-42H,1H3/b3-2-,16-4-. The predicted molar refractivity (Wildman–Crippen MR) is 301 cm³/mol. The molecule has 0 aliphatic rings. The molecule has 0 N–H and O–H groups in total. The zero-order valence-corrected chi connectivity index (χ0v) is 38.6. The van der Waals surface area contributed by atoms with E-state index in [0.29, 0.717) is 0 Å². The zero-order valence-electron chi connectivity index (χ0n) is 38.6. The monoisotopic (exact) mass is 888 g/mol. The van der Waals surface area contributed by atoms with Crippen molar-refractivity contribution < 1.29 is 0 Å². The van der Waals surface area contributed by atoms with Gasteiger partial charge in [0.25, 0.3) is 0 Å². The van der Waals surface area contributed by atoms with Crippen molar-refractivity contribution in [3.8, 4) is 44.5 Å². The molecule has 12 aromatic carbocycles. The molecule has 0 aliphatic heterocycles. The first-order chi connectivity index (χ1) is 34.7. The van der Waals surface area contributed by atoms with Gasteiger partial charge in [0.15, 0.2) is 0 Å². The third-order valence-electron chi connectivity index (χ3n) is 14.6. The molecule has 0 spiro atoms. The number of allylic oxidation sites excluding steroid dienone is 3. The number of imidazole rings is 1. The van der Waals surface area contributed by atoms with E-state index in [1.807, 2.05) is 0 Å². The van der Waals surface area contributed by atoms with Gasteiger partial charge in [0.1, 0.15) is 5.65 Å². The average molecular weight is 889 g/mol. The summed E-state index contributed by atoms with van der Waals surface area (Å²) in [6.45, 7) is 2.05. The average Bonchev–Trinajstić information content (AvgIpc) is 3.84. The van der Waals surface area contributed by atoms with Gasteiger partial charge in [-0.05, 0) is 142 Å². The third kappa shape index (κ3) is 6.24. The van der Waals surface area contributed by atoms with E-state index in [0.717, 1.165) is 27.6 Å². The molecular formula is C68H44N2. The van der Waals surface area contributed by atoms with Crippen molar-refractivity contribution in [2.45, 2.75) is 6.92 Å². The predicted octanol–water partition coefficient (Wildman–Crippen LogP) is 18.8. The molecule has 0 fully saturated rings. The van der Waals surface area contributed by atoms with E-state index in [1.54, 1.807) is 0 Å². The Balaban J connectivity index is 0.928. The summed E-state index contributed by atoms with van der Waals surface area (Å²) in [5, 5.41) is 15.9. The molecule has 0 aliphatic carbocycles. The number of para-hydroxylation sites is 1. The first-order valence-electron chi connectivity index (χ1n) is 24.2. The van der Waals surface area contributed by atoms with Crippen molar-refractivity contribution in [3.05, 3.63) is 248 Å². The molecule has 2 heterocycles. The minimum atomic E-state index is 0.983. The van der Waals surface area contributed by atoms with E-state index in [9.17, 15) is 0 Å². The molecule has 0 amide bonds. The molecule has 0 atom stereocenters. The Bertz CT molecular complexity index is 4530. The molecule has 0 saturated carbocycles. The Morgan fingerprint density at radius 1 is 0.343 bits per heavy atom. The van der Waals surface area contributed by atoms with E-state index in [-0.39, 0.29) is 0 Å². The van der Waals surface area contributed by atoms with Gasteiger partial charge in [-0.2, -0.15) is 0 Å². The summed E-state index contributed by atoms with van der Waals surface area (Å²) >= 11 is 0. The first-order valence-corrected chi connectivity index (χ1v) is 24.2. The van der Waals surface area contributed by atoms with Crippen LogP contribution in [0.15, 0.2) is 243 Å². The number of hydrogen-bond acceptors (Lipinski definition) is 1. The molecule has 326 valence electrons. The Hall–Kier alpha value is -9.11. The molecule has 0 unspecified atom stereocenters. The van der Waals surface area contributed by atoms with Gasteiger partial charge in [0.2, 0.25) is 0 Å². The third-order valence-corrected chi connectivity index (χ3v) is 14.6. The van der Waals surface area contributed by atoms with Crippen LogP contribution in [-0.2, 0) is 0 Å². The smallest absolute Gasteiger partial charge is 0.146 e. The lowest BCUT2D eigenvalue weighted by Crippen LogP contribution is -1.93. The Morgan fingerprint density at radius 3 is 1.63 bits per heavy atom. The summed E-state index contributed by atoms with van der Waals surface area (Å²) in [5.41, 5.74) is 15.2. The lowest BCUT2D eigenvalue weighted by Gasteiger charge is -2.19. The minimum absolute atomic E-state index is 0.983. The maximum Gasteiger partial charge on any atom is 0.146 e. The highest BCUT2D eigenvalue weighted by Gasteiger charge is 2.21. The number of nitrogens with zero attached hydrogens (tertiary/aromatic N) is 2. The van der Waals surface area contributed by atoms with Gasteiger partial charge in [0, 0.05) is 21.5 Å². The number of hydrogen-bond donors (Lipinski definition) is 0. The van der Waals surface area contributed by atoms with E-state index >= 15 is 0 Å². The fourth-order valence-corrected chi connectivity index (χ4v) is 11.4. The maximum absolute atomic E-state index is 5.49. The van der Waals surface area contributed by atoms with Gasteiger partial charge in [-0.1, -0.05) is 212 Å². The summed E-state index contributed by atoms with van der Waals surface area (Å²) in [6, 6.07) is 82.9. The van der Waals surface area contributed by atoms with Gasteiger partial charge in [-0.25, -0.2) is 4.98 Å². The van der Waals surface area contributed by atoms with Crippen LogP contribution in [0.1, 0.15) is 12.5 Å². The molecule has 0 saturated heterocycles. The second kappa shape index (κ2) is 16.0. The molecule has 2 nitrogen and oxygen atoms in total. The van der Waals surface area contributed by atoms with Crippen LogP contribution in [0.2, 0.25) is 0 Å². The highest BCUT2D eigenvalue weighted by Crippen LogP contribution is 2.46. The topological polar surface area (TPSA) is 17.3 Å². The Kier molecular flexibility index (Phi) is 9.15.